The fraction of sp³-hybridized carbons (Fsp3) is 0.130. The smallest absolute Gasteiger partial charge is 0.321 e. The number of nitrogens with one attached hydrogen (secondary N) is 2. The van der Waals surface area contributed by atoms with Crippen LogP contribution in [0.1, 0.15) is 11.1 Å². The van der Waals surface area contributed by atoms with Gasteiger partial charge >= 0.3 is 6.03 Å². The highest BCUT2D eigenvalue weighted by Crippen LogP contribution is 2.29. The number of nitrogens with zero attached hydrogens (tertiary/aromatic N) is 3. The number of aryl methyl sites for hydroxylation is 1. The number of hydrogen-bond donors (Lipinski definition) is 3. The quantitative estimate of drug-likeness (QED) is 0.433. The topological polar surface area (TPSA) is 113 Å². The van der Waals surface area contributed by atoms with E-state index in [1.165, 1.54) is 4.90 Å². The van der Waals surface area contributed by atoms with Gasteiger partial charge in [0.1, 0.15) is 0 Å². The Hall–Kier alpha value is -4.20. The van der Waals surface area contributed by atoms with E-state index in [1.54, 1.807) is 57.1 Å². The monoisotopic (exact) mass is 416 g/mol. The molecule has 0 unspecified atom stereocenters. The van der Waals surface area contributed by atoms with E-state index in [4.69, 9.17) is 5.73 Å². The Morgan fingerprint density at radius 3 is 2.29 bits per heavy atom. The maximum absolute atomic E-state index is 12.7. The van der Waals surface area contributed by atoms with E-state index in [0.29, 0.717) is 22.6 Å². The van der Waals surface area contributed by atoms with E-state index in [0.717, 1.165) is 16.7 Å². The number of hydrogen-bond acceptors (Lipinski definition) is 5. The molecule has 8 nitrogen and oxygen atoms in total. The van der Waals surface area contributed by atoms with E-state index < -0.39 is 0 Å². The molecule has 4 N–H and O–H groups in total. The summed E-state index contributed by atoms with van der Waals surface area (Å²) in [6, 6.07) is 8.67. The number of carbonyl (C=O) groups is 2. The van der Waals surface area contributed by atoms with Gasteiger partial charge in [0.25, 0.3) is 5.91 Å². The number of nitrogen functional groups attached to an aromatic ring is 1. The second-order valence-electron chi connectivity index (χ2n) is 7.27. The van der Waals surface area contributed by atoms with Gasteiger partial charge in [-0.3, -0.25) is 14.8 Å². The second-order valence-corrected chi connectivity index (χ2v) is 7.27. The van der Waals surface area contributed by atoms with E-state index in [1.807, 2.05) is 19.1 Å². The Kier molecular flexibility index (Phi) is 6.30. The Morgan fingerprint density at radius 2 is 1.61 bits per heavy atom. The maximum Gasteiger partial charge on any atom is 0.321 e. The molecule has 0 bridgehead atoms. The van der Waals surface area contributed by atoms with Gasteiger partial charge in [0.05, 0.1) is 23.8 Å². The minimum absolute atomic E-state index is 0.228. The van der Waals surface area contributed by atoms with E-state index >= 15 is 0 Å². The lowest BCUT2D eigenvalue weighted by molar-refractivity contribution is -0.111. The van der Waals surface area contributed by atoms with Crippen molar-refractivity contribution < 1.29 is 9.59 Å². The highest BCUT2D eigenvalue weighted by atomic mass is 16.2. The summed E-state index contributed by atoms with van der Waals surface area (Å²) in [6.45, 7) is 5.82. The summed E-state index contributed by atoms with van der Waals surface area (Å²) in [5.41, 5.74) is 10.9. The zero-order valence-electron chi connectivity index (χ0n) is 17.6. The van der Waals surface area contributed by atoms with Crippen LogP contribution in [0.5, 0.6) is 0 Å². The minimum Gasteiger partial charge on any atom is -0.398 e. The van der Waals surface area contributed by atoms with Crippen molar-refractivity contribution in [2.24, 2.45) is 0 Å². The van der Waals surface area contributed by atoms with Crippen LogP contribution in [0.15, 0.2) is 61.7 Å². The van der Waals surface area contributed by atoms with Crippen molar-refractivity contribution >= 4 is 34.6 Å². The van der Waals surface area contributed by atoms with Crippen molar-refractivity contribution in [2.75, 3.05) is 30.5 Å². The molecule has 3 aromatic rings. The van der Waals surface area contributed by atoms with Crippen molar-refractivity contribution in [2.45, 2.75) is 6.92 Å². The molecule has 2 aromatic heterocycles. The van der Waals surface area contributed by atoms with Crippen LogP contribution in [-0.4, -0.2) is 40.9 Å². The predicted molar refractivity (Wildman–Crippen MR) is 123 cm³/mol. The fourth-order valence-corrected chi connectivity index (χ4v) is 2.85. The number of amides is 3. The fourth-order valence-electron chi connectivity index (χ4n) is 2.85. The molecule has 2 heterocycles. The van der Waals surface area contributed by atoms with Crippen LogP contribution in [0.2, 0.25) is 0 Å². The third kappa shape index (κ3) is 5.24. The Morgan fingerprint density at radius 1 is 0.935 bits per heavy atom. The van der Waals surface area contributed by atoms with Gasteiger partial charge in [-0.2, -0.15) is 0 Å². The molecule has 0 aliphatic rings. The first-order valence-corrected chi connectivity index (χ1v) is 9.50. The van der Waals surface area contributed by atoms with Crippen LogP contribution >= 0.6 is 0 Å². The molecule has 158 valence electrons. The van der Waals surface area contributed by atoms with Gasteiger partial charge in [0.2, 0.25) is 0 Å². The summed E-state index contributed by atoms with van der Waals surface area (Å²) in [4.78, 5) is 34.3. The molecule has 1 aromatic carbocycles. The Bertz CT molecular complexity index is 1160. The van der Waals surface area contributed by atoms with Crippen LogP contribution in [0, 0.1) is 6.92 Å². The molecular weight excluding hydrogens is 392 g/mol. The lowest BCUT2D eigenvalue weighted by Gasteiger charge is -2.14. The zero-order valence-corrected chi connectivity index (χ0v) is 17.6. The van der Waals surface area contributed by atoms with Crippen molar-refractivity contribution in [3.05, 3.63) is 72.8 Å². The minimum atomic E-state index is -0.374. The lowest BCUT2D eigenvalue weighted by Crippen LogP contribution is -2.27. The molecule has 0 saturated heterocycles. The second kappa shape index (κ2) is 9.08. The zero-order chi connectivity index (χ0) is 22.5. The summed E-state index contributed by atoms with van der Waals surface area (Å²) in [6.07, 6.45) is 6.50. The van der Waals surface area contributed by atoms with Crippen LogP contribution in [-0.2, 0) is 4.79 Å². The van der Waals surface area contributed by atoms with Crippen LogP contribution < -0.4 is 16.4 Å². The number of urea groups is 1. The number of nitrogens with two attached hydrogens (primary N) is 1. The first-order valence-electron chi connectivity index (χ1n) is 9.50. The van der Waals surface area contributed by atoms with Crippen LogP contribution in [0.25, 0.3) is 16.7 Å². The molecule has 3 amide bonds. The summed E-state index contributed by atoms with van der Waals surface area (Å²) in [7, 11) is 3.31. The van der Waals surface area contributed by atoms with Crippen LogP contribution in [0.3, 0.4) is 0 Å². The number of anilines is 3. The SMILES string of the molecule is C=C(C(=O)Nc1cncc(C)c1)c1cc(-c2cncc(NC(=O)N(C)C)c2)ccc1N. The standard InChI is InChI=1S/C23H24N6O2/c1-14-7-18(12-25-10-14)27-22(30)15(2)20-9-16(5-6-21(20)24)17-8-19(13-26-11-17)28-23(31)29(3)4/h5-13H,2,24H2,1,3-4H3,(H,27,30)(H,28,31). The molecule has 31 heavy (non-hydrogen) atoms. The van der Waals surface area contributed by atoms with Crippen molar-refractivity contribution in [3.8, 4) is 11.1 Å². The van der Waals surface area contributed by atoms with Crippen molar-refractivity contribution in [1.82, 2.24) is 14.9 Å². The lowest BCUT2D eigenvalue weighted by atomic mass is 9.98. The maximum atomic E-state index is 12.7. The number of benzene rings is 1. The Balaban J connectivity index is 1.85. The van der Waals surface area contributed by atoms with Gasteiger partial charge in [-0.25, -0.2) is 4.79 Å². The van der Waals surface area contributed by atoms with Gasteiger partial charge < -0.3 is 21.3 Å². The molecule has 0 atom stereocenters. The molecule has 0 fully saturated rings. The predicted octanol–water partition coefficient (Wildman–Crippen LogP) is 3.78. The number of rotatable bonds is 5. The molecule has 8 heteroatoms. The van der Waals surface area contributed by atoms with E-state index in [-0.39, 0.29) is 17.5 Å². The highest BCUT2D eigenvalue weighted by Gasteiger charge is 2.15. The Labute approximate surface area is 180 Å². The van der Waals surface area contributed by atoms with Crippen LogP contribution in [0.4, 0.5) is 21.9 Å². The van der Waals surface area contributed by atoms with Crippen molar-refractivity contribution in [3.63, 3.8) is 0 Å². The third-order valence-electron chi connectivity index (χ3n) is 4.51. The first-order chi connectivity index (χ1) is 14.7. The summed E-state index contributed by atoms with van der Waals surface area (Å²) in [5.74, 6) is -0.374. The molecule has 0 aliphatic heterocycles. The summed E-state index contributed by atoms with van der Waals surface area (Å²) >= 11 is 0. The largest absolute Gasteiger partial charge is 0.398 e. The summed E-state index contributed by atoms with van der Waals surface area (Å²) in [5, 5.41) is 5.55. The van der Waals surface area contributed by atoms with E-state index in [2.05, 4.69) is 27.2 Å². The molecule has 0 saturated carbocycles. The number of pyridine rings is 2. The average molecular weight is 416 g/mol. The molecule has 0 spiro atoms. The molecule has 0 radical (unpaired) electrons. The van der Waals surface area contributed by atoms with Crippen molar-refractivity contribution in [1.29, 1.82) is 0 Å². The molecule has 0 aliphatic carbocycles. The van der Waals surface area contributed by atoms with Gasteiger partial charge in [-0.05, 0) is 42.3 Å². The van der Waals surface area contributed by atoms with E-state index in [9.17, 15) is 9.59 Å². The third-order valence-corrected chi connectivity index (χ3v) is 4.51. The van der Waals surface area contributed by atoms with Gasteiger partial charge in [0.15, 0.2) is 0 Å². The molecule has 3 rings (SSSR count). The number of aromatic nitrogens is 2. The molecular formula is C23H24N6O2. The summed E-state index contributed by atoms with van der Waals surface area (Å²) < 4.78 is 0. The highest BCUT2D eigenvalue weighted by molar-refractivity contribution is 6.25. The number of carbonyl (C=O) groups excluding carboxylic acids is 2. The van der Waals surface area contributed by atoms with Gasteiger partial charge in [-0.15, -0.1) is 0 Å². The normalized spacial score (nSPS) is 10.3. The van der Waals surface area contributed by atoms with Gasteiger partial charge in [0, 0.05) is 48.9 Å². The first kappa shape index (κ1) is 21.5. The average Bonchev–Trinajstić information content (AvgIpc) is 2.73. The van der Waals surface area contributed by atoms with Gasteiger partial charge in [-0.1, -0.05) is 12.6 Å².